The van der Waals surface area contributed by atoms with Gasteiger partial charge in [0.25, 0.3) is 0 Å². The molecule has 0 spiro atoms. The fourth-order valence-electron chi connectivity index (χ4n) is 6.38. The van der Waals surface area contributed by atoms with Gasteiger partial charge in [0, 0.05) is 49.4 Å². The standard InChI is InChI=1S/C33H45NO7S/c1-37-26-13-11-24(12-14-26)25-20-27(42-23-25)22-40-29-21-30(41-32-10-6-7-17-39-32)33(34-15-18-38-19-16-34)28(29)8-4-2-3-5-9-31(35)36/h2,4,11-14,20,23,28-30,32-33H,3,5-10,15-19,21-22H2,1H3,(H,35,36)/b4-2+. The van der Waals surface area contributed by atoms with Gasteiger partial charge in [-0.25, -0.2) is 0 Å². The summed E-state index contributed by atoms with van der Waals surface area (Å²) in [7, 11) is 1.68. The van der Waals surface area contributed by atoms with E-state index in [4.69, 9.17) is 28.8 Å². The highest BCUT2D eigenvalue weighted by Gasteiger charge is 2.48. The van der Waals surface area contributed by atoms with Gasteiger partial charge in [0.05, 0.1) is 39.1 Å². The summed E-state index contributed by atoms with van der Waals surface area (Å²) in [5, 5.41) is 11.2. The first kappa shape index (κ1) is 31.2. The largest absolute Gasteiger partial charge is 0.497 e. The fraction of sp³-hybridized carbons (Fsp3) is 0.606. The van der Waals surface area contributed by atoms with E-state index in [1.165, 1.54) is 16.0 Å². The predicted molar refractivity (Wildman–Crippen MR) is 163 cm³/mol. The molecule has 230 valence electrons. The highest BCUT2D eigenvalue weighted by Crippen LogP contribution is 2.40. The van der Waals surface area contributed by atoms with E-state index in [0.29, 0.717) is 13.0 Å². The third-order valence-corrected chi connectivity index (χ3v) is 9.46. The fourth-order valence-corrected chi connectivity index (χ4v) is 7.19. The number of hydrogen-bond acceptors (Lipinski definition) is 8. The summed E-state index contributed by atoms with van der Waals surface area (Å²) in [5.41, 5.74) is 2.36. The molecule has 5 unspecified atom stereocenters. The summed E-state index contributed by atoms with van der Waals surface area (Å²) in [6.07, 6.45) is 10.8. The molecule has 5 rings (SSSR count). The number of carboxylic acid groups (broad SMARTS) is 1. The number of methoxy groups -OCH3 is 1. The summed E-state index contributed by atoms with van der Waals surface area (Å²) in [6.45, 7) is 4.56. The minimum atomic E-state index is -0.742. The molecule has 8 nitrogen and oxygen atoms in total. The Balaban J connectivity index is 1.29. The average molecular weight is 600 g/mol. The van der Waals surface area contributed by atoms with Crippen LogP contribution in [0.15, 0.2) is 47.9 Å². The molecule has 2 saturated heterocycles. The number of allylic oxidation sites excluding steroid dienone is 2. The number of morpholine rings is 1. The van der Waals surface area contributed by atoms with E-state index < -0.39 is 5.97 Å². The lowest BCUT2D eigenvalue weighted by atomic mass is 9.94. The molecule has 2 aliphatic heterocycles. The molecular formula is C33H45NO7S. The van der Waals surface area contributed by atoms with Gasteiger partial charge in [0.15, 0.2) is 6.29 Å². The van der Waals surface area contributed by atoms with Gasteiger partial charge < -0.3 is 28.8 Å². The van der Waals surface area contributed by atoms with E-state index in [2.05, 4.69) is 40.6 Å². The van der Waals surface area contributed by atoms with Crippen LogP contribution in [0.2, 0.25) is 0 Å². The summed E-state index contributed by atoms with van der Waals surface area (Å²) in [4.78, 5) is 14.7. The highest BCUT2D eigenvalue weighted by molar-refractivity contribution is 7.10. The van der Waals surface area contributed by atoms with Crippen molar-refractivity contribution in [3.8, 4) is 16.9 Å². The van der Waals surface area contributed by atoms with Crippen LogP contribution >= 0.6 is 11.3 Å². The molecule has 0 bridgehead atoms. The number of nitrogens with zero attached hydrogens (tertiary/aromatic N) is 1. The van der Waals surface area contributed by atoms with Gasteiger partial charge in [0.1, 0.15) is 5.75 Å². The Bertz CT molecular complexity index is 1120. The number of carbonyl (C=O) groups is 1. The molecule has 1 aromatic heterocycles. The first-order valence-electron chi connectivity index (χ1n) is 15.4. The maximum atomic E-state index is 10.9. The van der Waals surface area contributed by atoms with Gasteiger partial charge in [-0.05, 0) is 73.2 Å². The lowest BCUT2D eigenvalue weighted by molar-refractivity contribution is -0.200. The summed E-state index contributed by atoms with van der Waals surface area (Å²) >= 11 is 1.73. The first-order chi connectivity index (χ1) is 20.6. The molecule has 3 heterocycles. The molecule has 42 heavy (non-hydrogen) atoms. The zero-order valence-corrected chi connectivity index (χ0v) is 25.5. The van der Waals surface area contributed by atoms with Crippen molar-refractivity contribution in [1.82, 2.24) is 4.90 Å². The van der Waals surface area contributed by atoms with Crippen LogP contribution in [0.25, 0.3) is 11.1 Å². The molecule has 1 aromatic carbocycles. The van der Waals surface area contributed by atoms with Crippen LogP contribution < -0.4 is 4.74 Å². The smallest absolute Gasteiger partial charge is 0.303 e. The summed E-state index contributed by atoms with van der Waals surface area (Å²) < 4.78 is 30.5. The maximum Gasteiger partial charge on any atom is 0.303 e. The molecule has 5 atom stereocenters. The second-order valence-electron chi connectivity index (χ2n) is 11.4. The number of unbranched alkanes of at least 4 members (excludes halogenated alkanes) is 1. The number of aliphatic carboxylic acids is 1. The van der Waals surface area contributed by atoms with Crippen LogP contribution in [0.4, 0.5) is 0 Å². The molecule has 3 aliphatic rings. The molecule has 3 fully saturated rings. The lowest BCUT2D eigenvalue weighted by Gasteiger charge is -2.39. The van der Waals surface area contributed by atoms with Crippen LogP contribution in [-0.4, -0.2) is 80.5 Å². The number of ether oxygens (including phenoxy) is 5. The lowest BCUT2D eigenvalue weighted by Crippen LogP contribution is -2.51. The van der Waals surface area contributed by atoms with Crippen molar-refractivity contribution in [3.05, 3.63) is 52.7 Å². The Labute approximate surface area is 253 Å². The second kappa shape index (κ2) is 16.0. The topological polar surface area (TPSA) is 86.7 Å². The molecule has 0 radical (unpaired) electrons. The van der Waals surface area contributed by atoms with Crippen molar-refractivity contribution in [2.45, 2.75) is 82.5 Å². The normalized spacial score (nSPS) is 27.0. The van der Waals surface area contributed by atoms with E-state index in [1.54, 1.807) is 18.4 Å². The number of rotatable bonds is 14. The van der Waals surface area contributed by atoms with Crippen molar-refractivity contribution in [2.75, 3.05) is 40.0 Å². The van der Waals surface area contributed by atoms with Crippen molar-refractivity contribution in [2.24, 2.45) is 5.92 Å². The highest BCUT2D eigenvalue weighted by atomic mass is 32.1. The Hall–Kier alpha value is -2.27. The van der Waals surface area contributed by atoms with Crippen LogP contribution in [-0.2, 0) is 30.3 Å². The van der Waals surface area contributed by atoms with Gasteiger partial charge >= 0.3 is 5.97 Å². The predicted octanol–water partition coefficient (Wildman–Crippen LogP) is 6.14. The Morgan fingerprint density at radius 2 is 1.93 bits per heavy atom. The Morgan fingerprint density at radius 1 is 1.10 bits per heavy atom. The minimum absolute atomic E-state index is 0.0276. The quantitative estimate of drug-likeness (QED) is 0.205. The van der Waals surface area contributed by atoms with Gasteiger partial charge in [-0.1, -0.05) is 24.3 Å². The van der Waals surface area contributed by atoms with E-state index in [1.807, 2.05) is 12.1 Å². The SMILES string of the molecule is COc1ccc(-c2csc(COC3CC(OC4CCCCO4)C(N4CCOCC4)C3C/C=C/CCCC(=O)O)c2)cc1. The zero-order chi connectivity index (χ0) is 29.1. The average Bonchev–Trinajstić information content (AvgIpc) is 3.63. The van der Waals surface area contributed by atoms with Gasteiger partial charge in [-0.15, -0.1) is 11.3 Å². The van der Waals surface area contributed by atoms with E-state index >= 15 is 0 Å². The van der Waals surface area contributed by atoms with Crippen LogP contribution in [0.5, 0.6) is 5.75 Å². The number of hydrogen-bond donors (Lipinski definition) is 1. The van der Waals surface area contributed by atoms with Crippen molar-refractivity contribution >= 4 is 17.3 Å². The van der Waals surface area contributed by atoms with Crippen LogP contribution in [0, 0.1) is 5.92 Å². The first-order valence-corrected chi connectivity index (χ1v) is 16.3. The third-order valence-electron chi connectivity index (χ3n) is 8.55. The van der Waals surface area contributed by atoms with Crippen LogP contribution in [0.3, 0.4) is 0 Å². The minimum Gasteiger partial charge on any atom is -0.497 e. The third kappa shape index (κ3) is 8.65. The molecule has 1 saturated carbocycles. The summed E-state index contributed by atoms with van der Waals surface area (Å²) in [5.74, 6) is 0.369. The molecular weight excluding hydrogens is 554 g/mol. The van der Waals surface area contributed by atoms with Gasteiger partial charge in [0.2, 0.25) is 0 Å². The maximum absolute atomic E-state index is 10.9. The van der Waals surface area contributed by atoms with E-state index in [9.17, 15) is 4.79 Å². The number of benzene rings is 1. The zero-order valence-electron chi connectivity index (χ0n) is 24.7. The number of carboxylic acids is 1. The summed E-state index contributed by atoms with van der Waals surface area (Å²) in [6, 6.07) is 10.6. The number of thiophene rings is 1. The molecule has 1 N–H and O–H groups in total. The van der Waals surface area contributed by atoms with Crippen molar-refractivity contribution in [3.63, 3.8) is 0 Å². The second-order valence-corrected chi connectivity index (χ2v) is 12.4. The monoisotopic (exact) mass is 599 g/mol. The van der Waals surface area contributed by atoms with Gasteiger partial charge in [-0.2, -0.15) is 0 Å². The Morgan fingerprint density at radius 3 is 2.67 bits per heavy atom. The van der Waals surface area contributed by atoms with E-state index in [0.717, 1.165) is 77.2 Å². The molecule has 9 heteroatoms. The molecule has 0 amide bonds. The van der Waals surface area contributed by atoms with E-state index in [-0.39, 0.29) is 36.9 Å². The molecule has 2 aromatic rings. The van der Waals surface area contributed by atoms with Crippen LogP contribution in [0.1, 0.15) is 56.2 Å². The van der Waals surface area contributed by atoms with Crippen molar-refractivity contribution < 1.29 is 33.6 Å². The van der Waals surface area contributed by atoms with Gasteiger partial charge in [-0.3, -0.25) is 9.69 Å². The van der Waals surface area contributed by atoms with Crippen molar-refractivity contribution in [1.29, 1.82) is 0 Å². The molecule has 1 aliphatic carbocycles. The Kier molecular flexibility index (Phi) is 11.9.